The van der Waals surface area contributed by atoms with Gasteiger partial charge in [0.2, 0.25) is 5.78 Å². The average Bonchev–Trinajstić information content (AvgIpc) is 2.82. The molecular formula is C28H37N3O7. The van der Waals surface area contributed by atoms with Crippen molar-refractivity contribution in [1.82, 2.24) is 10.2 Å². The second-order valence-corrected chi connectivity index (χ2v) is 11.5. The lowest BCUT2D eigenvalue weighted by Gasteiger charge is -2.54. The molecule has 10 heteroatoms. The molecular weight excluding hydrogens is 490 g/mol. The third-order valence-corrected chi connectivity index (χ3v) is 8.48. The highest BCUT2D eigenvalue weighted by Crippen LogP contribution is 2.58. The van der Waals surface area contributed by atoms with Gasteiger partial charge in [-0.3, -0.25) is 19.3 Å². The zero-order chi connectivity index (χ0) is 28.4. The number of aliphatic hydroxyl groups is 3. The number of hydrogen-bond acceptors (Lipinski definition) is 9. The molecule has 3 aliphatic carbocycles. The molecule has 38 heavy (non-hydrogen) atoms. The van der Waals surface area contributed by atoms with E-state index in [1.54, 1.807) is 27.1 Å². The first-order valence-corrected chi connectivity index (χ1v) is 12.9. The smallest absolute Gasteiger partial charge is 0.255 e. The minimum Gasteiger partial charge on any atom is -0.508 e. The van der Waals surface area contributed by atoms with E-state index in [0.717, 1.165) is 0 Å². The van der Waals surface area contributed by atoms with Crippen molar-refractivity contribution in [3.8, 4) is 5.75 Å². The third-order valence-electron chi connectivity index (χ3n) is 8.48. The maximum absolute atomic E-state index is 14.1. The fourth-order valence-electron chi connectivity index (χ4n) is 6.78. The highest BCUT2D eigenvalue weighted by molar-refractivity contribution is 6.24. The molecule has 7 N–H and O–H groups in total. The first kappa shape index (κ1) is 27.8. The number of likely N-dealkylation sites (N-methyl/N-ethyl adjacent to an activating group) is 1. The number of fused-ring (bicyclic) bond motifs is 3. The summed E-state index contributed by atoms with van der Waals surface area (Å²) in [6.45, 7) is 8.77. The molecule has 0 aliphatic heterocycles. The van der Waals surface area contributed by atoms with Crippen molar-refractivity contribution in [1.29, 1.82) is 0 Å². The fraction of sp³-hybridized carbons (Fsp3) is 0.536. The number of amides is 1. The van der Waals surface area contributed by atoms with Crippen LogP contribution in [0.4, 0.5) is 0 Å². The Bertz CT molecular complexity index is 1280. The lowest BCUT2D eigenvalue weighted by molar-refractivity contribution is -0.160. The summed E-state index contributed by atoms with van der Waals surface area (Å²) in [5, 5.41) is 48.8. The van der Waals surface area contributed by atoms with Crippen molar-refractivity contribution in [3.05, 3.63) is 45.7 Å². The summed E-state index contributed by atoms with van der Waals surface area (Å²) in [7, 11) is 3.16. The van der Waals surface area contributed by atoms with Crippen LogP contribution in [0.1, 0.15) is 50.3 Å². The number of phenolic OH excluding ortho intramolecular Hbond substituents is 1. The summed E-state index contributed by atoms with van der Waals surface area (Å²) in [6, 6.07) is 2.47. The van der Waals surface area contributed by atoms with Gasteiger partial charge in [0.25, 0.3) is 5.91 Å². The molecule has 0 unspecified atom stereocenters. The van der Waals surface area contributed by atoms with Gasteiger partial charge in [-0.2, -0.15) is 0 Å². The molecule has 0 heterocycles. The van der Waals surface area contributed by atoms with Gasteiger partial charge in [0.1, 0.15) is 22.8 Å². The third kappa shape index (κ3) is 3.77. The SMILES string of the molecule is CC(C)CNCc1ccc2c(c1O)C(O)=C1C(=O)[C@]3(O)C(O)=C(C(N)=O)C(=O)[C@@H](N(C)C)[C@@H]3[C@@H](C)[C@@H]1[C@H]2C. The number of rotatable bonds is 6. The number of aromatic hydroxyl groups is 1. The van der Waals surface area contributed by atoms with Gasteiger partial charge in [0.15, 0.2) is 11.4 Å². The van der Waals surface area contributed by atoms with Gasteiger partial charge in [0, 0.05) is 29.5 Å². The van der Waals surface area contributed by atoms with E-state index in [1.165, 1.54) is 4.90 Å². The van der Waals surface area contributed by atoms with Crippen LogP contribution in [0, 0.1) is 23.7 Å². The Hall–Kier alpha value is -3.21. The van der Waals surface area contributed by atoms with Crippen LogP contribution in [-0.4, -0.2) is 75.1 Å². The standard InChI is InChI=1S/C28H37N3O7/c1-11(2)9-30-10-14-7-8-15-12(3)16-13(4)20-21(31(5)6)24(34)19(27(29)37)26(36)28(20,38)25(35)18(16)23(33)17(15)22(14)32/h7-8,11-13,16,20-21,30,32-33,36,38H,9-10H2,1-6H3,(H2,29,37)/t12-,13-,16-,20-,21-,28-/m0/s1. The Morgan fingerprint density at radius 3 is 2.34 bits per heavy atom. The molecule has 10 nitrogen and oxygen atoms in total. The lowest BCUT2D eigenvalue weighted by Crippen LogP contribution is -2.68. The van der Waals surface area contributed by atoms with E-state index in [0.29, 0.717) is 30.1 Å². The van der Waals surface area contributed by atoms with Crippen LogP contribution in [0.25, 0.3) is 5.76 Å². The number of nitrogens with two attached hydrogens (primary N) is 1. The van der Waals surface area contributed by atoms with Crippen LogP contribution in [-0.2, 0) is 20.9 Å². The fourth-order valence-corrected chi connectivity index (χ4v) is 6.78. The Labute approximate surface area is 221 Å². The van der Waals surface area contributed by atoms with Gasteiger partial charge in [-0.05, 0) is 44.0 Å². The Kier molecular flexibility index (Phi) is 6.97. The molecule has 0 saturated heterocycles. The number of primary amides is 1. The lowest BCUT2D eigenvalue weighted by atomic mass is 9.51. The van der Waals surface area contributed by atoms with Crippen molar-refractivity contribution < 1.29 is 34.8 Å². The second-order valence-electron chi connectivity index (χ2n) is 11.5. The summed E-state index contributed by atoms with van der Waals surface area (Å²) in [4.78, 5) is 41.0. The minimum absolute atomic E-state index is 0.102. The van der Waals surface area contributed by atoms with E-state index in [4.69, 9.17) is 5.73 Å². The molecule has 206 valence electrons. The number of nitrogens with one attached hydrogen (secondary N) is 1. The Morgan fingerprint density at radius 2 is 1.79 bits per heavy atom. The van der Waals surface area contributed by atoms with Crippen LogP contribution in [0.5, 0.6) is 5.75 Å². The maximum Gasteiger partial charge on any atom is 0.255 e. The Morgan fingerprint density at radius 1 is 1.16 bits per heavy atom. The predicted molar refractivity (Wildman–Crippen MR) is 140 cm³/mol. The molecule has 1 fully saturated rings. The van der Waals surface area contributed by atoms with E-state index < -0.39 is 64.0 Å². The number of carbonyl (C=O) groups is 3. The summed E-state index contributed by atoms with van der Waals surface area (Å²) in [5.41, 5.74) is 3.01. The zero-order valence-corrected chi connectivity index (χ0v) is 22.6. The molecule has 1 saturated carbocycles. The topological polar surface area (TPSA) is 173 Å². The summed E-state index contributed by atoms with van der Waals surface area (Å²) < 4.78 is 0. The number of phenols is 1. The number of aliphatic hydroxyl groups excluding tert-OH is 2. The molecule has 6 atom stereocenters. The van der Waals surface area contributed by atoms with Crippen LogP contribution >= 0.6 is 0 Å². The van der Waals surface area contributed by atoms with Crippen molar-refractivity contribution in [2.75, 3.05) is 20.6 Å². The summed E-state index contributed by atoms with van der Waals surface area (Å²) in [6.07, 6.45) is 0. The van der Waals surface area contributed by atoms with E-state index in [2.05, 4.69) is 19.2 Å². The monoisotopic (exact) mass is 527 g/mol. The minimum atomic E-state index is -2.67. The summed E-state index contributed by atoms with van der Waals surface area (Å²) >= 11 is 0. The van der Waals surface area contributed by atoms with Crippen molar-refractivity contribution in [2.24, 2.45) is 29.4 Å². The van der Waals surface area contributed by atoms with Crippen LogP contribution in [0.2, 0.25) is 0 Å². The van der Waals surface area contributed by atoms with Crippen molar-refractivity contribution >= 4 is 23.2 Å². The molecule has 0 aromatic heterocycles. The number of carbonyl (C=O) groups excluding carboxylic acids is 3. The highest BCUT2D eigenvalue weighted by Gasteiger charge is 2.67. The second kappa shape index (κ2) is 9.52. The van der Waals surface area contributed by atoms with Crippen LogP contribution in [0.3, 0.4) is 0 Å². The molecule has 1 amide bonds. The first-order chi connectivity index (χ1) is 17.7. The molecule has 4 rings (SSSR count). The molecule has 1 aromatic carbocycles. The maximum atomic E-state index is 14.1. The van der Waals surface area contributed by atoms with E-state index in [-0.39, 0.29) is 22.8 Å². The molecule has 0 spiro atoms. The molecule has 1 aromatic rings. The summed E-state index contributed by atoms with van der Waals surface area (Å²) in [5.74, 6) is -7.17. The largest absolute Gasteiger partial charge is 0.508 e. The number of benzene rings is 1. The molecule has 0 radical (unpaired) electrons. The van der Waals surface area contributed by atoms with Crippen LogP contribution in [0.15, 0.2) is 29.0 Å². The van der Waals surface area contributed by atoms with Gasteiger partial charge >= 0.3 is 0 Å². The quantitative estimate of drug-likeness (QED) is 0.300. The van der Waals surface area contributed by atoms with Gasteiger partial charge in [-0.15, -0.1) is 0 Å². The van der Waals surface area contributed by atoms with Gasteiger partial charge in [0.05, 0.1) is 11.6 Å². The Balaban J connectivity index is 1.94. The first-order valence-electron chi connectivity index (χ1n) is 12.9. The van der Waals surface area contributed by atoms with E-state index in [1.807, 2.05) is 13.0 Å². The van der Waals surface area contributed by atoms with E-state index >= 15 is 0 Å². The predicted octanol–water partition coefficient (Wildman–Crippen LogP) is 1.52. The number of nitrogens with zero attached hydrogens (tertiary/aromatic N) is 1. The van der Waals surface area contributed by atoms with Gasteiger partial charge in [-0.25, -0.2) is 0 Å². The molecule has 3 aliphatic rings. The van der Waals surface area contributed by atoms with Crippen LogP contribution < -0.4 is 11.1 Å². The molecule has 0 bridgehead atoms. The number of hydrogen-bond donors (Lipinski definition) is 6. The van der Waals surface area contributed by atoms with Crippen molar-refractivity contribution in [2.45, 2.75) is 51.8 Å². The number of Topliss-reactive ketones (excluding diaryl/α,β-unsaturated/α-hetero) is 2. The zero-order valence-electron chi connectivity index (χ0n) is 22.6. The van der Waals surface area contributed by atoms with Gasteiger partial charge in [-0.1, -0.05) is 39.8 Å². The normalized spacial score (nSPS) is 31.0. The highest BCUT2D eigenvalue weighted by atomic mass is 16.3. The number of ketones is 2. The van der Waals surface area contributed by atoms with Gasteiger partial charge < -0.3 is 31.5 Å². The van der Waals surface area contributed by atoms with Crippen molar-refractivity contribution in [3.63, 3.8) is 0 Å². The van der Waals surface area contributed by atoms with E-state index in [9.17, 15) is 34.8 Å². The average molecular weight is 528 g/mol.